The summed E-state index contributed by atoms with van der Waals surface area (Å²) in [5.41, 5.74) is 4.84. The molecule has 1 N–H and O–H groups in total. The minimum absolute atomic E-state index is 0.164. The van der Waals surface area contributed by atoms with Gasteiger partial charge < -0.3 is 10.1 Å². The molecule has 0 bridgehead atoms. The number of carbonyl (C=O) groups excluding carboxylic acids is 2. The van der Waals surface area contributed by atoms with Crippen LogP contribution in [0, 0.1) is 12.8 Å². The molecule has 2 aromatic carbocycles. The summed E-state index contributed by atoms with van der Waals surface area (Å²) >= 11 is 0. The molecule has 1 unspecified atom stereocenters. The van der Waals surface area contributed by atoms with Crippen molar-refractivity contribution in [1.82, 2.24) is 0 Å². The first kappa shape index (κ1) is 21.0. The van der Waals surface area contributed by atoms with Gasteiger partial charge in [-0.25, -0.2) is 0 Å². The Kier molecular flexibility index (Phi) is 6.03. The Morgan fingerprint density at radius 2 is 1.81 bits per heavy atom. The molecule has 0 spiro atoms. The molecule has 160 valence electrons. The number of Topliss-reactive ketones (excluding diaryl/α,β-unsaturated/α-hetero) is 1. The van der Waals surface area contributed by atoms with Gasteiger partial charge in [0, 0.05) is 35.0 Å². The van der Waals surface area contributed by atoms with Gasteiger partial charge in [-0.05, 0) is 62.9 Å². The summed E-state index contributed by atoms with van der Waals surface area (Å²) in [6, 6.07) is 15.4. The lowest BCUT2D eigenvalue weighted by molar-refractivity contribution is -0.122. The average Bonchev–Trinajstić information content (AvgIpc) is 2.75. The molecule has 1 aliphatic heterocycles. The number of rotatable bonds is 5. The highest BCUT2D eigenvalue weighted by molar-refractivity contribution is 6.14. The summed E-state index contributed by atoms with van der Waals surface area (Å²) in [6.07, 6.45) is 2.15. The number of nitrogens with one attached hydrogen (secondary N) is 1. The molecule has 1 amide bonds. The number of hydrogen-bond donors (Lipinski definition) is 1. The number of fused-ring (bicyclic) bond motifs is 1. The molecule has 0 saturated heterocycles. The quantitative estimate of drug-likeness (QED) is 0.727. The third kappa shape index (κ3) is 4.18. The Morgan fingerprint density at radius 1 is 1.06 bits per heavy atom. The molecule has 2 aliphatic rings. The summed E-state index contributed by atoms with van der Waals surface area (Å²) in [5.74, 6) is 0.00924. The van der Waals surface area contributed by atoms with Gasteiger partial charge in [0.1, 0.15) is 11.5 Å². The van der Waals surface area contributed by atoms with Gasteiger partial charge in [-0.15, -0.1) is 0 Å². The van der Waals surface area contributed by atoms with Gasteiger partial charge in [-0.2, -0.15) is 0 Å². The number of ketones is 1. The van der Waals surface area contributed by atoms with Crippen LogP contribution in [0.3, 0.4) is 0 Å². The maximum absolute atomic E-state index is 13.5. The zero-order valence-corrected chi connectivity index (χ0v) is 18.3. The fourth-order valence-corrected chi connectivity index (χ4v) is 4.62. The zero-order chi connectivity index (χ0) is 22.0. The predicted molar refractivity (Wildman–Crippen MR) is 123 cm³/mol. The second-order valence-corrected chi connectivity index (χ2v) is 8.15. The zero-order valence-electron chi connectivity index (χ0n) is 18.3. The Bertz CT molecular complexity index is 1070. The van der Waals surface area contributed by atoms with Gasteiger partial charge >= 0.3 is 0 Å². The molecule has 5 heteroatoms. The number of anilines is 1. The molecule has 0 radical (unpaired) electrons. The van der Waals surface area contributed by atoms with E-state index in [1.165, 1.54) is 0 Å². The molecule has 1 fully saturated rings. The second kappa shape index (κ2) is 8.88. The number of ether oxygens (including phenoxy) is 1. The van der Waals surface area contributed by atoms with E-state index in [9.17, 15) is 9.59 Å². The monoisotopic (exact) mass is 416 g/mol. The van der Waals surface area contributed by atoms with Crippen LogP contribution >= 0.6 is 0 Å². The summed E-state index contributed by atoms with van der Waals surface area (Å²) in [5, 5.41) is 3.05. The van der Waals surface area contributed by atoms with Gasteiger partial charge in [0.25, 0.3) is 5.91 Å². The van der Waals surface area contributed by atoms with Crippen molar-refractivity contribution >= 4 is 23.1 Å². The van der Waals surface area contributed by atoms with Crippen LogP contribution in [0.4, 0.5) is 5.69 Å². The number of aliphatic imine (C=N–C) groups is 1. The fraction of sp³-hybridized carbons (Fsp3) is 0.346. The van der Waals surface area contributed by atoms with E-state index in [2.05, 4.69) is 5.32 Å². The van der Waals surface area contributed by atoms with Crippen molar-refractivity contribution in [3.63, 3.8) is 0 Å². The Balaban J connectivity index is 1.77. The molecule has 4 rings (SSSR count). The number of benzene rings is 2. The Morgan fingerprint density at radius 3 is 2.52 bits per heavy atom. The molecule has 2 aromatic rings. The Hall–Kier alpha value is -3.21. The Labute approximate surface area is 183 Å². The van der Waals surface area contributed by atoms with Gasteiger partial charge in [-0.1, -0.05) is 30.3 Å². The lowest BCUT2D eigenvalue weighted by atomic mass is 9.69. The number of aryl methyl sites for hydroxylation is 1. The standard InChI is InChI=1S/C26H28N2O3/c1-4-31-19-14-12-18(13-15-19)24-23(26(30)28-20-9-6-5-8-16(20)2)17(3)27-21-10-7-11-22(29)25(21)24/h5-6,8-9,12-15,24-25H,4,7,10-11H2,1-3H3,(H,28,30)/t24-,25?/m0/s1. The smallest absolute Gasteiger partial charge is 0.254 e. The van der Waals surface area contributed by atoms with Gasteiger partial charge in [-0.3, -0.25) is 14.6 Å². The number of carbonyl (C=O) groups is 2. The van der Waals surface area contributed by atoms with E-state index in [0.29, 0.717) is 24.3 Å². The van der Waals surface area contributed by atoms with Crippen LogP contribution < -0.4 is 10.1 Å². The summed E-state index contributed by atoms with van der Waals surface area (Å²) in [6.45, 7) is 6.36. The largest absolute Gasteiger partial charge is 0.494 e. The minimum Gasteiger partial charge on any atom is -0.494 e. The molecule has 31 heavy (non-hydrogen) atoms. The molecule has 1 heterocycles. The lowest BCUT2D eigenvalue weighted by Crippen LogP contribution is -2.39. The first-order valence-corrected chi connectivity index (χ1v) is 10.9. The predicted octanol–water partition coefficient (Wildman–Crippen LogP) is 5.21. The molecular weight excluding hydrogens is 388 g/mol. The molecule has 0 aromatic heterocycles. The summed E-state index contributed by atoms with van der Waals surface area (Å²) < 4.78 is 5.58. The van der Waals surface area contributed by atoms with Crippen LogP contribution in [0.15, 0.2) is 64.8 Å². The van der Waals surface area contributed by atoms with Crippen LogP contribution in [0.5, 0.6) is 5.75 Å². The molecule has 1 saturated carbocycles. The van der Waals surface area contributed by atoms with Gasteiger partial charge in [0.15, 0.2) is 0 Å². The van der Waals surface area contributed by atoms with Gasteiger partial charge in [0.05, 0.1) is 12.5 Å². The SMILES string of the molecule is CCOc1ccc([C@H]2C(C(=O)Nc3ccccc3C)=C(C)N=C3CCCC(=O)C32)cc1. The van der Waals surface area contributed by atoms with Crippen LogP contribution in [0.25, 0.3) is 0 Å². The van der Waals surface area contributed by atoms with E-state index >= 15 is 0 Å². The van der Waals surface area contributed by atoms with Crippen LogP contribution in [0.1, 0.15) is 50.2 Å². The van der Waals surface area contributed by atoms with E-state index in [1.807, 2.05) is 69.3 Å². The van der Waals surface area contributed by atoms with E-state index in [0.717, 1.165) is 41.1 Å². The molecule has 2 atom stereocenters. The third-order valence-electron chi connectivity index (χ3n) is 6.10. The molecule has 1 aliphatic carbocycles. The van der Waals surface area contributed by atoms with E-state index in [-0.39, 0.29) is 23.5 Å². The van der Waals surface area contributed by atoms with Crippen molar-refractivity contribution < 1.29 is 14.3 Å². The number of allylic oxidation sites excluding steroid dienone is 1. The average molecular weight is 417 g/mol. The van der Waals surface area contributed by atoms with Crippen molar-refractivity contribution in [2.24, 2.45) is 10.9 Å². The van der Waals surface area contributed by atoms with Crippen molar-refractivity contribution in [2.45, 2.75) is 46.0 Å². The van der Waals surface area contributed by atoms with E-state index in [1.54, 1.807) is 0 Å². The summed E-state index contributed by atoms with van der Waals surface area (Å²) in [4.78, 5) is 31.2. The highest BCUT2D eigenvalue weighted by Gasteiger charge is 2.43. The van der Waals surface area contributed by atoms with E-state index < -0.39 is 0 Å². The molecular formula is C26H28N2O3. The first-order valence-electron chi connectivity index (χ1n) is 10.9. The lowest BCUT2D eigenvalue weighted by Gasteiger charge is -2.36. The number of hydrogen-bond acceptors (Lipinski definition) is 4. The van der Waals surface area contributed by atoms with Crippen LogP contribution in [0.2, 0.25) is 0 Å². The second-order valence-electron chi connectivity index (χ2n) is 8.15. The highest BCUT2D eigenvalue weighted by Crippen LogP contribution is 2.43. The summed E-state index contributed by atoms with van der Waals surface area (Å²) in [7, 11) is 0. The maximum atomic E-state index is 13.5. The van der Waals surface area contributed by atoms with Crippen molar-refractivity contribution in [3.8, 4) is 5.75 Å². The highest BCUT2D eigenvalue weighted by atomic mass is 16.5. The van der Waals surface area contributed by atoms with Crippen molar-refractivity contribution in [3.05, 3.63) is 70.9 Å². The fourth-order valence-electron chi connectivity index (χ4n) is 4.62. The number of para-hydroxylation sites is 1. The minimum atomic E-state index is -0.381. The number of nitrogens with zero attached hydrogens (tertiary/aromatic N) is 1. The topological polar surface area (TPSA) is 67.8 Å². The van der Waals surface area contributed by atoms with Crippen molar-refractivity contribution in [2.75, 3.05) is 11.9 Å². The van der Waals surface area contributed by atoms with Crippen LogP contribution in [-0.2, 0) is 9.59 Å². The van der Waals surface area contributed by atoms with Gasteiger partial charge in [0.2, 0.25) is 0 Å². The van der Waals surface area contributed by atoms with E-state index in [4.69, 9.17) is 9.73 Å². The first-order chi connectivity index (χ1) is 15.0. The third-order valence-corrected chi connectivity index (χ3v) is 6.10. The number of amides is 1. The van der Waals surface area contributed by atoms with Crippen molar-refractivity contribution in [1.29, 1.82) is 0 Å². The maximum Gasteiger partial charge on any atom is 0.254 e. The molecule has 5 nitrogen and oxygen atoms in total. The van der Waals surface area contributed by atoms with Crippen LogP contribution in [-0.4, -0.2) is 24.0 Å². The normalized spacial score (nSPS) is 20.7.